The van der Waals surface area contributed by atoms with E-state index in [1.54, 1.807) is 0 Å². The first-order valence-electron chi connectivity index (χ1n) is 6.64. The number of halogens is 1. The zero-order chi connectivity index (χ0) is 12.7. The van der Waals surface area contributed by atoms with E-state index < -0.39 is 0 Å². The molecule has 1 aromatic heterocycles. The molecule has 3 aliphatic heterocycles. The van der Waals surface area contributed by atoms with E-state index in [1.807, 2.05) is 6.07 Å². The predicted octanol–water partition coefficient (Wildman–Crippen LogP) is 1.93. The van der Waals surface area contributed by atoms with Crippen LogP contribution in [0, 0.1) is 0 Å². The SMILES string of the molecule is CC(C)c1cc(Cl)nc(C2CN3CCN2CC3)n1. The quantitative estimate of drug-likeness (QED) is 0.766. The van der Waals surface area contributed by atoms with Gasteiger partial charge in [-0.3, -0.25) is 9.80 Å². The molecule has 0 radical (unpaired) electrons. The number of fused-ring (bicyclic) bond motifs is 3. The van der Waals surface area contributed by atoms with Crippen molar-refractivity contribution in [3.8, 4) is 0 Å². The van der Waals surface area contributed by atoms with Gasteiger partial charge in [-0.05, 0) is 12.0 Å². The molecule has 4 rings (SSSR count). The topological polar surface area (TPSA) is 32.3 Å². The Kier molecular flexibility index (Phi) is 3.26. The Morgan fingerprint density at radius 1 is 1.22 bits per heavy atom. The number of aromatic nitrogens is 2. The van der Waals surface area contributed by atoms with E-state index in [0.29, 0.717) is 17.1 Å². The molecule has 4 nitrogen and oxygen atoms in total. The van der Waals surface area contributed by atoms with Gasteiger partial charge in [0.15, 0.2) is 0 Å². The van der Waals surface area contributed by atoms with Gasteiger partial charge in [0.1, 0.15) is 11.0 Å². The number of piperazine rings is 3. The van der Waals surface area contributed by atoms with Gasteiger partial charge < -0.3 is 0 Å². The van der Waals surface area contributed by atoms with Gasteiger partial charge in [0.2, 0.25) is 0 Å². The lowest BCUT2D eigenvalue weighted by molar-refractivity contribution is 0.00855. The maximum atomic E-state index is 6.13. The van der Waals surface area contributed by atoms with Crippen LogP contribution < -0.4 is 0 Å². The molecule has 0 saturated carbocycles. The largest absolute Gasteiger partial charge is 0.299 e. The number of nitrogens with zero attached hydrogens (tertiary/aromatic N) is 4. The summed E-state index contributed by atoms with van der Waals surface area (Å²) < 4.78 is 0. The molecule has 1 aromatic rings. The molecule has 0 N–H and O–H groups in total. The third-order valence-electron chi connectivity index (χ3n) is 3.90. The average Bonchev–Trinajstić information content (AvgIpc) is 2.39. The smallest absolute Gasteiger partial charge is 0.148 e. The van der Waals surface area contributed by atoms with Crippen LogP contribution in [0.25, 0.3) is 0 Å². The molecular weight excluding hydrogens is 248 g/mol. The summed E-state index contributed by atoms with van der Waals surface area (Å²) in [6, 6.07) is 2.20. The molecule has 4 heterocycles. The molecule has 5 heteroatoms. The molecule has 98 valence electrons. The van der Waals surface area contributed by atoms with Crippen molar-refractivity contribution in [2.24, 2.45) is 0 Å². The molecule has 0 spiro atoms. The van der Waals surface area contributed by atoms with E-state index in [0.717, 1.165) is 31.2 Å². The second-order valence-corrected chi connectivity index (χ2v) is 5.87. The minimum absolute atomic E-state index is 0.323. The lowest BCUT2D eigenvalue weighted by Crippen LogP contribution is -2.57. The van der Waals surface area contributed by atoms with Crippen molar-refractivity contribution < 1.29 is 0 Å². The summed E-state index contributed by atoms with van der Waals surface area (Å²) in [5, 5.41) is 0.571. The fourth-order valence-corrected chi connectivity index (χ4v) is 2.96. The molecule has 1 unspecified atom stereocenters. The average molecular weight is 267 g/mol. The molecule has 2 bridgehead atoms. The minimum atomic E-state index is 0.323. The van der Waals surface area contributed by atoms with Crippen LogP contribution >= 0.6 is 11.6 Å². The second kappa shape index (κ2) is 4.76. The summed E-state index contributed by atoms with van der Waals surface area (Å²) in [4.78, 5) is 14.1. The molecule has 3 aliphatic rings. The van der Waals surface area contributed by atoms with E-state index in [4.69, 9.17) is 16.6 Å². The third-order valence-corrected chi connectivity index (χ3v) is 4.09. The highest BCUT2D eigenvalue weighted by Crippen LogP contribution is 2.28. The maximum Gasteiger partial charge on any atom is 0.148 e. The van der Waals surface area contributed by atoms with Gasteiger partial charge in [-0.1, -0.05) is 25.4 Å². The molecule has 0 aliphatic carbocycles. The van der Waals surface area contributed by atoms with Crippen LogP contribution in [0.1, 0.15) is 37.3 Å². The van der Waals surface area contributed by atoms with Gasteiger partial charge >= 0.3 is 0 Å². The van der Waals surface area contributed by atoms with Crippen molar-refractivity contribution in [1.29, 1.82) is 0 Å². The van der Waals surface area contributed by atoms with Crippen molar-refractivity contribution >= 4 is 11.6 Å². The first-order chi connectivity index (χ1) is 8.63. The molecular formula is C13H19ClN4. The fraction of sp³-hybridized carbons (Fsp3) is 0.692. The number of hydrogen-bond donors (Lipinski definition) is 0. The van der Waals surface area contributed by atoms with E-state index >= 15 is 0 Å². The third kappa shape index (κ3) is 2.25. The maximum absolute atomic E-state index is 6.13. The second-order valence-electron chi connectivity index (χ2n) is 5.48. The van der Waals surface area contributed by atoms with Gasteiger partial charge in [-0.15, -0.1) is 0 Å². The Hall–Kier alpha value is -0.710. The highest BCUT2D eigenvalue weighted by atomic mass is 35.5. The Bertz CT molecular complexity index is 441. The Morgan fingerprint density at radius 3 is 2.50 bits per heavy atom. The molecule has 0 amide bonds. The zero-order valence-electron chi connectivity index (χ0n) is 10.9. The van der Waals surface area contributed by atoms with E-state index in [1.165, 1.54) is 13.1 Å². The van der Waals surface area contributed by atoms with Crippen LogP contribution in [0.15, 0.2) is 6.07 Å². The fourth-order valence-electron chi connectivity index (χ4n) is 2.76. The van der Waals surface area contributed by atoms with Crippen LogP contribution in [-0.4, -0.2) is 52.5 Å². The first kappa shape index (κ1) is 12.3. The summed E-state index contributed by atoms with van der Waals surface area (Å²) in [6.07, 6.45) is 0. The lowest BCUT2D eigenvalue weighted by Gasteiger charge is -2.46. The van der Waals surface area contributed by atoms with Crippen LogP contribution in [-0.2, 0) is 0 Å². The van der Waals surface area contributed by atoms with Crippen molar-refractivity contribution in [2.75, 3.05) is 32.7 Å². The Labute approximate surface area is 113 Å². The van der Waals surface area contributed by atoms with Crippen LogP contribution in [0.5, 0.6) is 0 Å². The Balaban J connectivity index is 1.92. The van der Waals surface area contributed by atoms with Crippen LogP contribution in [0.2, 0.25) is 5.15 Å². The summed E-state index contributed by atoms with van der Waals surface area (Å²) in [7, 11) is 0. The van der Waals surface area contributed by atoms with Gasteiger partial charge in [0.25, 0.3) is 0 Å². The number of hydrogen-bond acceptors (Lipinski definition) is 4. The van der Waals surface area contributed by atoms with E-state index in [2.05, 4.69) is 28.6 Å². The van der Waals surface area contributed by atoms with Crippen LogP contribution in [0.3, 0.4) is 0 Å². The lowest BCUT2D eigenvalue weighted by atomic mass is 10.1. The molecule has 3 fully saturated rings. The molecule has 0 aromatic carbocycles. The van der Waals surface area contributed by atoms with Crippen molar-refractivity contribution in [1.82, 2.24) is 19.8 Å². The van der Waals surface area contributed by atoms with Gasteiger partial charge in [-0.2, -0.15) is 0 Å². The van der Waals surface area contributed by atoms with E-state index in [9.17, 15) is 0 Å². The van der Waals surface area contributed by atoms with Crippen molar-refractivity contribution in [3.63, 3.8) is 0 Å². The summed E-state index contributed by atoms with van der Waals surface area (Å²) in [6.45, 7) is 9.91. The Morgan fingerprint density at radius 2 is 1.94 bits per heavy atom. The van der Waals surface area contributed by atoms with Crippen molar-refractivity contribution in [3.05, 3.63) is 22.7 Å². The van der Waals surface area contributed by atoms with Crippen molar-refractivity contribution in [2.45, 2.75) is 25.8 Å². The summed E-state index contributed by atoms with van der Waals surface area (Å²) in [5.74, 6) is 1.29. The molecule has 18 heavy (non-hydrogen) atoms. The number of rotatable bonds is 2. The highest BCUT2D eigenvalue weighted by Gasteiger charge is 2.34. The normalized spacial score (nSPS) is 31.0. The monoisotopic (exact) mass is 266 g/mol. The molecule has 3 saturated heterocycles. The highest BCUT2D eigenvalue weighted by molar-refractivity contribution is 6.29. The predicted molar refractivity (Wildman–Crippen MR) is 71.9 cm³/mol. The van der Waals surface area contributed by atoms with E-state index in [-0.39, 0.29) is 0 Å². The summed E-state index contributed by atoms with van der Waals surface area (Å²) >= 11 is 6.13. The van der Waals surface area contributed by atoms with Gasteiger partial charge in [-0.25, -0.2) is 9.97 Å². The van der Waals surface area contributed by atoms with Gasteiger partial charge in [0.05, 0.1) is 6.04 Å². The minimum Gasteiger partial charge on any atom is -0.299 e. The van der Waals surface area contributed by atoms with Crippen LogP contribution in [0.4, 0.5) is 0 Å². The molecule has 1 atom stereocenters. The first-order valence-corrected chi connectivity index (χ1v) is 7.02. The van der Waals surface area contributed by atoms with Gasteiger partial charge in [0, 0.05) is 38.4 Å². The summed E-state index contributed by atoms with van der Waals surface area (Å²) in [5.41, 5.74) is 1.04. The standard InChI is InChI=1S/C13H19ClN4/c1-9(2)10-7-12(14)16-13(15-10)11-8-17-3-5-18(11)6-4-17/h7,9,11H,3-6,8H2,1-2H3. The zero-order valence-corrected chi connectivity index (χ0v) is 11.7.